The van der Waals surface area contributed by atoms with E-state index < -0.39 is 10.0 Å². The maximum Gasteiger partial charge on any atom is 0.252 e. The molecular weight excluding hydrogens is 346 g/mol. The van der Waals surface area contributed by atoms with Crippen molar-refractivity contribution in [1.82, 2.24) is 14.9 Å². The summed E-state index contributed by atoms with van der Waals surface area (Å²) < 4.78 is 26.7. The van der Waals surface area contributed by atoms with E-state index in [0.717, 1.165) is 30.8 Å². The van der Waals surface area contributed by atoms with Gasteiger partial charge in [-0.1, -0.05) is 13.8 Å². The second-order valence-corrected chi connectivity index (χ2v) is 9.32. The Bertz CT molecular complexity index is 633. The van der Waals surface area contributed by atoms with Crippen molar-refractivity contribution in [3.05, 3.63) is 17.0 Å². The van der Waals surface area contributed by atoms with Crippen molar-refractivity contribution < 1.29 is 13.2 Å². The monoisotopic (exact) mass is 373 g/mol. The van der Waals surface area contributed by atoms with Crippen LogP contribution in [0.2, 0.25) is 0 Å². The summed E-state index contributed by atoms with van der Waals surface area (Å²) in [6.07, 6.45) is 2.58. The quantitative estimate of drug-likeness (QED) is 0.692. The van der Waals surface area contributed by atoms with Crippen molar-refractivity contribution in [2.75, 3.05) is 26.2 Å². The minimum atomic E-state index is -3.41. The first kappa shape index (κ1) is 19.4. The van der Waals surface area contributed by atoms with Crippen LogP contribution in [0.1, 0.15) is 38.0 Å². The van der Waals surface area contributed by atoms with E-state index in [9.17, 15) is 13.2 Å². The van der Waals surface area contributed by atoms with Crippen LogP contribution in [0.4, 0.5) is 0 Å². The van der Waals surface area contributed by atoms with Gasteiger partial charge in [0.15, 0.2) is 0 Å². The molecular formula is C16H27N3O3S2. The van der Waals surface area contributed by atoms with Crippen molar-refractivity contribution in [2.45, 2.75) is 43.9 Å². The highest BCUT2D eigenvalue weighted by Gasteiger charge is 2.23. The fourth-order valence-corrected chi connectivity index (χ4v) is 5.76. The average molecular weight is 374 g/mol. The topological polar surface area (TPSA) is 78.5 Å². The van der Waals surface area contributed by atoms with Gasteiger partial charge < -0.3 is 10.6 Å². The van der Waals surface area contributed by atoms with Gasteiger partial charge in [-0.2, -0.15) is 4.31 Å². The molecule has 1 aromatic heterocycles. The van der Waals surface area contributed by atoms with Crippen molar-refractivity contribution in [3.8, 4) is 0 Å². The highest BCUT2D eigenvalue weighted by atomic mass is 32.2. The van der Waals surface area contributed by atoms with Crippen LogP contribution in [0.5, 0.6) is 0 Å². The molecule has 1 aliphatic rings. The summed E-state index contributed by atoms with van der Waals surface area (Å²) >= 11 is 1.23. The Labute approximate surface area is 148 Å². The number of nitrogens with one attached hydrogen (secondary N) is 2. The lowest BCUT2D eigenvalue weighted by molar-refractivity contribution is -0.121. The zero-order chi connectivity index (χ0) is 17.6. The molecule has 0 aromatic carbocycles. The molecule has 24 heavy (non-hydrogen) atoms. The van der Waals surface area contributed by atoms with Gasteiger partial charge in [0.1, 0.15) is 4.21 Å². The zero-order valence-electron chi connectivity index (χ0n) is 14.4. The van der Waals surface area contributed by atoms with Gasteiger partial charge in [0, 0.05) is 24.4 Å². The predicted molar refractivity (Wildman–Crippen MR) is 96.5 cm³/mol. The lowest BCUT2D eigenvalue weighted by atomic mass is 10.0. The molecule has 2 rings (SSSR count). The summed E-state index contributed by atoms with van der Waals surface area (Å²) in [7, 11) is -3.41. The standard InChI is InChI=1S/C16H27N3O3S2/c1-3-19(4-2)24(21,22)16-8-6-14(23-16)12-18-15(20)7-5-13-9-10-17-11-13/h6,8,13,17H,3-5,7,9-12H2,1-2H3,(H,18,20). The van der Waals surface area contributed by atoms with Crippen molar-refractivity contribution in [3.63, 3.8) is 0 Å². The van der Waals surface area contributed by atoms with Gasteiger partial charge in [-0.05, 0) is 44.0 Å². The molecule has 1 fully saturated rings. The van der Waals surface area contributed by atoms with Gasteiger partial charge >= 0.3 is 0 Å². The van der Waals surface area contributed by atoms with Gasteiger partial charge in [0.2, 0.25) is 5.91 Å². The fourth-order valence-electron chi connectivity index (χ4n) is 2.85. The molecule has 0 spiro atoms. The number of carbonyl (C=O) groups is 1. The molecule has 6 nitrogen and oxygen atoms in total. The number of thiophene rings is 1. The molecule has 0 aliphatic carbocycles. The van der Waals surface area contributed by atoms with E-state index in [0.29, 0.717) is 36.2 Å². The molecule has 1 unspecified atom stereocenters. The molecule has 1 aromatic rings. The van der Waals surface area contributed by atoms with Crippen LogP contribution in [-0.4, -0.2) is 44.8 Å². The summed E-state index contributed by atoms with van der Waals surface area (Å²) in [5, 5.41) is 6.19. The molecule has 1 aliphatic heterocycles. The van der Waals surface area contributed by atoms with Gasteiger partial charge in [0.05, 0.1) is 6.54 Å². The molecule has 1 atom stereocenters. The first-order valence-electron chi connectivity index (χ1n) is 8.53. The maximum atomic E-state index is 12.4. The molecule has 136 valence electrons. The number of hydrogen-bond acceptors (Lipinski definition) is 5. The molecule has 2 N–H and O–H groups in total. The first-order chi connectivity index (χ1) is 11.5. The van der Waals surface area contributed by atoms with Crippen LogP contribution in [0.3, 0.4) is 0 Å². The Morgan fingerprint density at radius 2 is 2.12 bits per heavy atom. The van der Waals surface area contributed by atoms with E-state index >= 15 is 0 Å². The van der Waals surface area contributed by atoms with E-state index in [4.69, 9.17) is 0 Å². The van der Waals surface area contributed by atoms with Crippen molar-refractivity contribution in [1.29, 1.82) is 0 Å². The molecule has 0 saturated carbocycles. The van der Waals surface area contributed by atoms with Crippen LogP contribution in [0.15, 0.2) is 16.3 Å². The minimum absolute atomic E-state index is 0.0310. The largest absolute Gasteiger partial charge is 0.351 e. The number of amides is 1. The number of nitrogens with zero attached hydrogens (tertiary/aromatic N) is 1. The van der Waals surface area contributed by atoms with Crippen LogP contribution in [-0.2, 0) is 21.4 Å². The zero-order valence-corrected chi connectivity index (χ0v) is 16.0. The number of carbonyl (C=O) groups excluding carboxylic acids is 1. The summed E-state index contributed by atoms with van der Waals surface area (Å²) in [6, 6.07) is 3.41. The average Bonchev–Trinajstić information content (AvgIpc) is 3.23. The number of sulfonamides is 1. The van der Waals surface area contributed by atoms with E-state index in [1.165, 1.54) is 15.6 Å². The molecule has 8 heteroatoms. The third kappa shape index (κ3) is 5.02. The maximum absolute atomic E-state index is 12.4. The van der Waals surface area contributed by atoms with E-state index in [1.54, 1.807) is 12.1 Å². The fraction of sp³-hybridized carbons (Fsp3) is 0.688. The van der Waals surface area contributed by atoms with Crippen molar-refractivity contribution >= 4 is 27.3 Å². The van der Waals surface area contributed by atoms with E-state index in [2.05, 4.69) is 10.6 Å². The summed E-state index contributed by atoms with van der Waals surface area (Å²) in [5.74, 6) is 0.631. The molecule has 0 radical (unpaired) electrons. The van der Waals surface area contributed by atoms with Gasteiger partial charge in [0.25, 0.3) is 10.0 Å². The summed E-state index contributed by atoms with van der Waals surface area (Å²) in [5.41, 5.74) is 0. The Morgan fingerprint density at radius 3 is 2.75 bits per heavy atom. The number of rotatable bonds is 9. The normalized spacial score (nSPS) is 18.2. The van der Waals surface area contributed by atoms with Crippen LogP contribution < -0.4 is 10.6 Å². The lowest BCUT2D eigenvalue weighted by Gasteiger charge is -2.16. The molecule has 0 bridgehead atoms. The summed E-state index contributed by atoms with van der Waals surface area (Å²) in [6.45, 7) is 7.01. The third-order valence-corrected chi connectivity index (χ3v) is 7.94. The highest BCUT2D eigenvalue weighted by molar-refractivity contribution is 7.91. The Morgan fingerprint density at radius 1 is 1.38 bits per heavy atom. The summed E-state index contributed by atoms with van der Waals surface area (Å²) in [4.78, 5) is 12.8. The first-order valence-corrected chi connectivity index (χ1v) is 10.8. The van der Waals surface area contributed by atoms with E-state index in [-0.39, 0.29) is 5.91 Å². The van der Waals surface area contributed by atoms with Crippen LogP contribution in [0, 0.1) is 5.92 Å². The molecule has 2 heterocycles. The smallest absolute Gasteiger partial charge is 0.252 e. The third-order valence-electron chi connectivity index (χ3n) is 4.34. The van der Waals surface area contributed by atoms with Gasteiger partial charge in [-0.15, -0.1) is 11.3 Å². The van der Waals surface area contributed by atoms with Crippen LogP contribution >= 0.6 is 11.3 Å². The Kier molecular flexibility index (Phi) is 7.21. The SMILES string of the molecule is CCN(CC)S(=O)(=O)c1ccc(CNC(=O)CCC2CCNC2)s1. The Balaban J connectivity index is 1.83. The second kappa shape index (κ2) is 8.94. The Hall–Kier alpha value is -0.960. The minimum Gasteiger partial charge on any atom is -0.351 e. The van der Waals surface area contributed by atoms with Crippen molar-refractivity contribution in [2.24, 2.45) is 5.92 Å². The second-order valence-electron chi connectivity index (χ2n) is 5.98. The predicted octanol–water partition coefficient (Wildman–Crippen LogP) is 1.78. The van der Waals surface area contributed by atoms with E-state index in [1.807, 2.05) is 13.8 Å². The van der Waals surface area contributed by atoms with Crippen LogP contribution in [0.25, 0.3) is 0 Å². The molecule has 1 amide bonds. The lowest BCUT2D eigenvalue weighted by Crippen LogP contribution is -2.30. The van der Waals surface area contributed by atoms with Gasteiger partial charge in [-0.25, -0.2) is 8.42 Å². The van der Waals surface area contributed by atoms with Gasteiger partial charge in [-0.3, -0.25) is 4.79 Å². The highest BCUT2D eigenvalue weighted by Crippen LogP contribution is 2.25. The number of hydrogen-bond donors (Lipinski definition) is 2. The molecule has 1 saturated heterocycles.